The van der Waals surface area contributed by atoms with Crippen molar-refractivity contribution in [3.63, 3.8) is 0 Å². The summed E-state index contributed by atoms with van der Waals surface area (Å²) in [6.07, 6.45) is 10.6. The van der Waals surface area contributed by atoms with E-state index in [0.29, 0.717) is 23.5 Å². The summed E-state index contributed by atoms with van der Waals surface area (Å²) in [6.45, 7) is 0.622. The zero-order valence-electron chi connectivity index (χ0n) is 14.3. The molecular formula is C16H22N6O2S. The van der Waals surface area contributed by atoms with Crippen LogP contribution in [0.25, 0.3) is 11.2 Å². The lowest BCUT2D eigenvalue weighted by Crippen LogP contribution is -2.13. The predicted molar refractivity (Wildman–Crippen MR) is 98.5 cm³/mol. The van der Waals surface area contributed by atoms with Crippen LogP contribution in [0, 0.1) is 0 Å². The molecular weight excluding hydrogens is 340 g/mol. The molecule has 25 heavy (non-hydrogen) atoms. The fourth-order valence-corrected chi connectivity index (χ4v) is 3.41. The normalized spacial score (nSPS) is 20.6. The number of nitrogens with one attached hydrogen (secondary N) is 2. The third kappa shape index (κ3) is 4.17. The van der Waals surface area contributed by atoms with E-state index in [2.05, 4.69) is 31.8 Å². The number of aromatic nitrogens is 4. The van der Waals surface area contributed by atoms with Crippen molar-refractivity contribution < 1.29 is 9.53 Å². The predicted octanol–water partition coefficient (Wildman–Crippen LogP) is 1.58. The average molecular weight is 362 g/mol. The molecule has 1 saturated heterocycles. The van der Waals surface area contributed by atoms with Crippen molar-refractivity contribution in [2.45, 2.75) is 25.2 Å². The molecule has 1 fully saturated rings. The van der Waals surface area contributed by atoms with Gasteiger partial charge < -0.3 is 15.4 Å². The molecule has 0 spiro atoms. The van der Waals surface area contributed by atoms with E-state index >= 15 is 0 Å². The number of ether oxygens (including phenoxy) is 1. The minimum Gasteiger partial charge on any atom is -0.354 e. The summed E-state index contributed by atoms with van der Waals surface area (Å²) >= 11 is 1.79. The van der Waals surface area contributed by atoms with Crippen LogP contribution >= 0.6 is 11.8 Å². The second-order valence-corrected chi connectivity index (χ2v) is 6.65. The summed E-state index contributed by atoms with van der Waals surface area (Å²) in [7, 11) is 1.82. The Kier molecular flexibility index (Phi) is 6.00. The number of carbonyl (C=O) groups excluding carboxylic acids is 1. The molecule has 1 aliphatic heterocycles. The number of anilines is 1. The molecule has 3 rings (SSSR count). The van der Waals surface area contributed by atoms with E-state index in [9.17, 15) is 4.79 Å². The van der Waals surface area contributed by atoms with Gasteiger partial charge in [-0.3, -0.25) is 9.36 Å². The fraction of sp³-hybridized carbons (Fsp3) is 0.500. The lowest BCUT2D eigenvalue weighted by Gasteiger charge is -2.14. The van der Waals surface area contributed by atoms with E-state index in [1.807, 2.05) is 11.6 Å². The van der Waals surface area contributed by atoms with Crippen LogP contribution in [0.15, 0.2) is 24.8 Å². The zero-order valence-corrected chi connectivity index (χ0v) is 15.1. The summed E-state index contributed by atoms with van der Waals surface area (Å²) in [6, 6.07) is 0. The number of hydrogen-bond donors (Lipinski definition) is 2. The Bertz CT molecular complexity index is 762. The molecule has 2 aromatic heterocycles. The molecule has 1 aliphatic rings. The largest absolute Gasteiger partial charge is 0.354 e. The lowest BCUT2D eigenvalue weighted by molar-refractivity contribution is -0.111. The number of rotatable bonds is 7. The van der Waals surface area contributed by atoms with Crippen LogP contribution < -0.4 is 10.6 Å². The van der Waals surface area contributed by atoms with Crippen LogP contribution in [0.2, 0.25) is 0 Å². The summed E-state index contributed by atoms with van der Waals surface area (Å²) in [5.41, 5.74) is 1.23. The Morgan fingerprint density at radius 3 is 3.12 bits per heavy atom. The summed E-state index contributed by atoms with van der Waals surface area (Å²) in [4.78, 5) is 24.8. The van der Waals surface area contributed by atoms with Crippen LogP contribution in [-0.4, -0.2) is 57.1 Å². The third-order valence-corrected chi connectivity index (χ3v) is 4.64. The Morgan fingerprint density at radius 1 is 1.44 bits per heavy atom. The highest BCUT2D eigenvalue weighted by Gasteiger charge is 2.28. The number of imidazole rings is 1. The Morgan fingerprint density at radius 2 is 2.32 bits per heavy atom. The average Bonchev–Trinajstić information content (AvgIpc) is 3.22. The highest BCUT2D eigenvalue weighted by atomic mass is 32.2. The monoisotopic (exact) mass is 362 g/mol. The summed E-state index contributed by atoms with van der Waals surface area (Å²) in [5.74, 6) is 1.14. The van der Waals surface area contributed by atoms with Crippen molar-refractivity contribution in [3.8, 4) is 0 Å². The topological polar surface area (TPSA) is 94.0 Å². The van der Waals surface area contributed by atoms with Gasteiger partial charge in [0, 0.05) is 18.4 Å². The highest BCUT2D eigenvalue weighted by Crippen LogP contribution is 2.32. The molecule has 0 aromatic carbocycles. The molecule has 9 heteroatoms. The molecule has 134 valence electrons. The zero-order chi connectivity index (χ0) is 17.6. The van der Waals surface area contributed by atoms with Crippen LogP contribution in [-0.2, 0) is 9.53 Å². The van der Waals surface area contributed by atoms with Gasteiger partial charge in [-0.25, -0.2) is 15.0 Å². The van der Waals surface area contributed by atoms with Crippen LogP contribution in [0.4, 0.5) is 5.82 Å². The number of hydrogen-bond acceptors (Lipinski definition) is 7. The maximum Gasteiger partial charge on any atom is 0.249 e. The number of amides is 1. The van der Waals surface area contributed by atoms with Gasteiger partial charge in [-0.15, -0.1) is 0 Å². The second-order valence-electron chi connectivity index (χ2n) is 5.74. The Balaban J connectivity index is 1.77. The minimum absolute atomic E-state index is 0.0730. The van der Waals surface area contributed by atoms with Gasteiger partial charge in [0.15, 0.2) is 17.0 Å². The standard InChI is InChI=1S/C16H22N6O2S/c1-17-7-3-4-12(23)21-15-14-16(19-9-18-15)22(10-20-14)13-6-5-11(24-13)8-25-2/h3-4,9-11,13,17H,5-8H2,1-2H3,(H,18,19,21,23)/b4-3+. The lowest BCUT2D eigenvalue weighted by atomic mass is 10.2. The van der Waals surface area contributed by atoms with Gasteiger partial charge in [-0.05, 0) is 26.1 Å². The summed E-state index contributed by atoms with van der Waals surface area (Å²) in [5, 5.41) is 5.69. The van der Waals surface area contributed by atoms with Gasteiger partial charge in [0.1, 0.15) is 12.6 Å². The van der Waals surface area contributed by atoms with Crippen molar-refractivity contribution in [3.05, 3.63) is 24.8 Å². The number of carbonyl (C=O) groups is 1. The summed E-state index contributed by atoms with van der Waals surface area (Å²) < 4.78 is 8.00. The van der Waals surface area contributed by atoms with Crippen molar-refractivity contribution in [1.29, 1.82) is 0 Å². The molecule has 0 saturated carbocycles. The molecule has 1 amide bonds. The molecule has 2 atom stereocenters. The maximum absolute atomic E-state index is 12.0. The SMILES string of the molecule is CNC/C=C/C(=O)Nc1ncnc2c1ncn2C1CCC(CSC)O1. The van der Waals surface area contributed by atoms with Crippen molar-refractivity contribution in [2.24, 2.45) is 0 Å². The molecule has 0 bridgehead atoms. The molecule has 2 aromatic rings. The van der Waals surface area contributed by atoms with Crippen molar-refractivity contribution in [1.82, 2.24) is 24.8 Å². The molecule has 0 aliphatic carbocycles. The van der Waals surface area contributed by atoms with Gasteiger partial charge in [0.05, 0.1) is 12.4 Å². The minimum atomic E-state index is -0.248. The Hall–Kier alpha value is -1.97. The smallest absolute Gasteiger partial charge is 0.249 e. The molecule has 2 unspecified atom stereocenters. The number of likely N-dealkylation sites (N-methyl/N-ethyl adjacent to an activating group) is 1. The molecule has 8 nitrogen and oxygen atoms in total. The maximum atomic E-state index is 12.0. The van der Waals surface area contributed by atoms with E-state index < -0.39 is 0 Å². The molecule has 3 heterocycles. The van der Waals surface area contributed by atoms with E-state index in [1.54, 1.807) is 24.2 Å². The number of nitrogens with zero attached hydrogens (tertiary/aromatic N) is 4. The first-order valence-electron chi connectivity index (χ1n) is 8.17. The van der Waals surface area contributed by atoms with Crippen LogP contribution in [0.3, 0.4) is 0 Å². The van der Waals surface area contributed by atoms with E-state index in [4.69, 9.17) is 4.74 Å². The van der Waals surface area contributed by atoms with Crippen molar-refractivity contribution in [2.75, 3.05) is 30.9 Å². The van der Waals surface area contributed by atoms with Crippen molar-refractivity contribution >= 4 is 34.7 Å². The van der Waals surface area contributed by atoms with Gasteiger partial charge in [0.2, 0.25) is 5.91 Å². The van der Waals surface area contributed by atoms with Crippen LogP contribution in [0.1, 0.15) is 19.1 Å². The molecule has 2 N–H and O–H groups in total. The first-order valence-corrected chi connectivity index (χ1v) is 9.56. The fourth-order valence-electron chi connectivity index (χ4n) is 2.80. The first kappa shape index (κ1) is 17.8. The number of thioether (sulfide) groups is 1. The second kappa shape index (κ2) is 8.41. The van der Waals surface area contributed by atoms with E-state index in [-0.39, 0.29) is 18.2 Å². The first-order chi connectivity index (χ1) is 12.2. The van der Waals surface area contributed by atoms with Gasteiger partial charge in [-0.2, -0.15) is 11.8 Å². The Labute approximate surface area is 150 Å². The highest BCUT2D eigenvalue weighted by molar-refractivity contribution is 7.98. The molecule has 0 radical (unpaired) electrons. The quantitative estimate of drug-likeness (QED) is 0.722. The van der Waals surface area contributed by atoms with Gasteiger partial charge in [-0.1, -0.05) is 6.08 Å². The number of fused-ring (bicyclic) bond motifs is 1. The van der Waals surface area contributed by atoms with E-state index in [1.165, 1.54) is 12.4 Å². The van der Waals surface area contributed by atoms with Gasteiger partial charge >= 0.3 is 0 Å². The van der Waals surface area contributed by atoms with E-state index in [0.717, 1.165) is 18.6 Å². The van der Waals surface area contributed by atoms with Gasteiger partial charge in [0.25, 0.3) is 0 Å². The van der Waals surface area contributed by atoms with Crippen LogP contribution in [0.5, 0.6) is 0 Å². The third-order valence-electron chi connectivity index (χ3n) is 3.94.